The molecule has 3 rings (SSSR count). The van der Waals surface area contributed by atoms with Crippen molar-refractivity contribution in [3.63, 3.8) is 0 Å². The largest absolute Gasteiger partial charge is 0.469 e. The number of rotatable bonds is 6. The summed E-state index contributed by atoms with van der Waals surface area (Å²) in [4.78, 5) is 12.2. The fraction of sp³-hybridized carbons (Fsp3) is 0.364. The van der Waals surface area contributed by atoms with Crippen molar-refractivity contribution in [2.24, 2.45) is 0 Å². The topological polar surface area (TPSA) is 77.8 Å². The number of carbonyl (C=O) groups is 1. The van der Waals surface area contributed by atoms with E-state index in [1.54, 1.807) is 30.3 Å². The number of esters is 1. The average molecular weight is 393 g/mol. The first-order valence-corrected chi connectivity index (χ1v) is 9.47. The molecule has 29 heavy (non-hydrogen) atoms. The monoisotopic (exact) mass is 393 g/mol. The molecule has 150 valence electrons. The second kappa shape index (κ2) is 8.28. The predicted octanol–water partition coefficient (Wildman–Crippen LogP) is 4.49. The Hall–Kier alpha value is -2.82. The Morgan fingerprint density at radius 2 is 1.69 bits per heavy atom. The van der Waals surface area contributed by atoms with Crippen LogP contribution in [0.5, 0.6) is 11.5 Å². The predicted molar refractivity (Wildman–Crippen MR) is 108 cm³/mol. The second-order valence-electron chi connectivity index (χ2n) is 7.94. The van der Waals surface area contributed by atoms with Gasteiger partial charge in [0, 0.05) is 0 Å². The molecule has 0 unspecified atom stereocenters. The van der Waals surface area contributed by atoms with E-state index in [0.717, 1.165) is 5.56 Å². The van der Waals surface area contributed by atoms with Gasteiger partial charge in [-0.15, -0.1) is 0 Å². The third-order valence-corrected chi connectivity index (χ3v) is 5.15. The molecule has 0 bridgehead atoms. The third kappa shape index (κ3) is 5.17. The molecule has 0 aromatic heterocycles. The van der Waals surface area contributed by atoms with E-state index in [1.165, 1.54) is 0 Å². The highest BCUT2D eigenvalue weighted by Crippen LogP contribution is 2.37. The van der Waals surface area contributed by atoms with Gasteiger partial charge in [-0.1, -0.05) is 12.1 Å². The molecule has 0 radical (unpaired) electrons. The van der Waals surface area contributed by atoms with Gasteiger partial charge in [-0.05, 0) is 69.7 Å². The van der Waals surface area contributed by atoms with Crippen molar-refractivity contribution in [1.82, 2.24) is 0 Å². The second-order valence-corrected chi connectivity index (χ2v) is 7.94. The Bertz CT molecular complexity index is 902. The number of nitriles is 1. The normalized spacial score (nSPS) is 16.9. The maximum absolute atomic E-state index is 12.2. The summed E-state index contributed by atoms with van der Waals surface area (Å²) < 4.78 is 22.8. The van der Waals surface area contributed by atoms with Gasteiger partial charge in [-0.25, -0.2) is 0 Å². The molecule has 0 saturated carbocycles. The van der Waals surface area contributed by atoms with Gasteiger partial charge in [0.1, 0.15) is 18.1 Å². The van der Waals surface area contributed by atoms with Crippen molar-refractivity contribution in [1.29, 1.82) is 5.26 Å². The summed E-state index contributed by atoms with van der Waals surface area (Å²) in [6, 6.07) is 16.2. The van der Waals surface area contributed by atoms with Crippen LogP contribution in [-0.4, -0.2) is 24.3 Å². The molecular weight excluding hydrogens is 369 g/mol. The zero-order valence-electron chi connectivity index (χ0n) is 17.1. The Morgan fingerprint density at radius 3 is 2.31 bits per heavy atom. The number of carbonyl (C=O) groups excluding carboxylic acids is 1. The van der Waals surface area contributed by atoms with Crippen LogP contribution in [0.1, 0.15) is 38.8 Å². The van der Waals surface area contributed by atoms with Crippen molar-refractivity contribution in [3.05, 3.63) is 59.7 Å². The molecule has 0 atom stereocenters. The summed E-state index contributed by atoms with van der Waals surface area (Å²) in [6.45, 7) is 7.90. The third-order valence-electron chi connectivity index (χ3n) is 5.15. The first-order chi connectivity index (χ1) is 13.7. The molecule has 6 nitrogen and oxygen atoms in total. The van der Waals surface area contributed by atoms with Crippen molar-refractivity contribution < 1.29 is 23.6 Å². The molecule has 7 heteroatoms. The van der Waals surface area contributed by atoms with E-state index >= 15 is 0 Å². The SMILES string of the molecule is CC1(C)OB(CC(=O)OCc2cccc(Oc3ccc(C#N)cc3)c2)OC1(C)C. The highest BCUT2D eigenvalue weighted by molar-refractivity contribution is 6.49. The number of hydrogen-bond donors (Lipinski definition) is 0. The number of ether oxygens (including phenoxy) is 2. The molecule has 1 fully saturated rings. The molecule has 1 saturated heterocycles. The Kier molecular flexibility index (Phi) is 5.97. The van der Waals surface area contributed by atoms with Crippen LogP contribution in [0.4, 0.5) is 0 Å². The summed E-state index contributed by atoms with van der Waals surface area (Å²) in [5, 5.41) is 8.85. The van der Waals surface area contributed by atoms with Gasteiger partial charge < -0.3 is 18.8 Å². The van der Waals surface area contributed by atoms with Crippen LogP contribution in [0, 0.1) is 11.3 Å². The minimum atomic E-state index is -0.612. The fourth-order valence-electron chi connectivity index (χ4n) is 2.84. The van der Waals surface area contributed by atoms with E-state index in [1.807, 2.05) is 45.9 Å². The van der Waals surface area contributed by atoms with Gasteiger partial charge in [-0.2, -0.15) is 5.26 Å². The van der Waals surface area contributed by atoms with Gasteiger partial charge in [-0.3, -0.25) is 4.79 Å². The minimum Gasteiger partial charge on any atom is -0.461 e. The first-order valence-electron chi connectivity index (χ1n) is 9.47. The fourth-order valence-corrected chi connectivity index (χ4v) is 2.84. The highest BCUT2D eigenvalue weighted by atomic mass is 16.7. The number of nitrogens with zero attached hydrogens (tertiary/aromatic N) is 1. The summed E-state index contributed by atoms with van der Waals surface area (Å²) >= 11 is 0. The first kappa shape index (κ1) is 20.9. The molecule has 0 spiro atoms. The van der Waals surface area contributed by atoms with Crippen LogP contribution in [0.2, 0.25) is 6.32 Å². The van der Waals surface area contributed by atoms with Crippen molar-refractivity contribution in [2.45, 2.75) is 51.8 Å². The Balaban J connectivity index is 1.52. The van der Waals surface area contributed by atoms with Crippen LogP contribution in [0.25, 0.3) is 0 Å². The van der Waals surface area contributed by atoms with E-state index in [0.29, 0.717) is 17.1 Å². The zero-order chi connectivity index (χ0) is 21.1. The number of benzene rings is 2. The lowest BCUT2D eigenvalue weighted by atomic mass is 9.85. The van der Waals surface area contributed by atoms with Crippen molar-refractivity contribution >= 4 is 13.1 Å². The Labute approximate surface area is 171 Å². The van der Waals surface area contributed by atoms with Crippen LogP contribution in [0.3, 0.4) is 0 Å². The lowest BCUT2D eigenvalue weighted by Crippen LogP contribution is -2.41. The molecule has 0 amide bonds. The lowest BCUT2D eigenvalue weighted by Gasteiger charge is -2.32. The van der Waals surface area contributed by atoms with Gasteiger partial charge in [0.25, 0.3) is 0 Å². The highest BCUT2D eigenvalue weighted by Gasteiger charge is 2.51. The molecule has 2 aromatic carbocycles. The van der Waals surface area contributed by atoms with Gasteiger partial charge in [0.05, 0.1) is 29.2 Å². The quantitative estimate of drug-likeness (QED) is 0.532. The van der Waals surface area contributed by atoms with Gasteiger partial charge in [0.15, 0.2) is 0 Å². The van der Waals surface area contributed by atoms with E-state index in [4.69, 9.17) is 24.0 Å². The zero-order valence-corrected chi connectivity index (χ0v) is 17.1. The molecule has 0 N–H and O–H groups in total. The van der Waals surface area contributed by atoms with Gasteiger partial charge in [0.2, 0.25) is 0 Å². The molecule has 1 aliphatic rings. The van der Waals surface area contributed by atoms with Crippen LogP contribution < -0.4 is 4.74 Å². The molecule has 1 heterocycles. The standard InChI is InChI=1S/C22H24BNO5/c1-21(2)22(3,4)29-23(28-21)13-20(25)26-15-17-6-5-7-19(12-17)27-18-10-8-16(14-24)9-11-18/h5-12H,13,15H2,1-4H3. The maximum atomic E-state index is 12.2. The van der Waals surface area contributed by atoms with E-state index in [-0.39, 0.29) is 18.9 Å². The number of hydrogen-bond acceptors (Lipinski definition) is 6. The lowest BCUT2D eigenvalue weighted by molar-refractivity contribution is -0.142. The minimum absolute atomic E-state index is 0.0360. The van der Waals surface area contributed by atoms with E-state index < -0.39 is 18.3 Å². The molecular formula is C22H24BNO5. The average Bonchev–Trinajstić information content (AvgIpc) is 2.87. The smallest absolute Gasteiger partial charge is 0.461 e. The maximum Gasteiger partial charge on any atom is 0.469 e. The summed E-state index contributed by atoms with van der Waals surface area (Å²) in [7, 11) is -0.612. The van der Waals surface area contributed by atoms with Crippen LogP contribution in [0.15, 0.2) is 48.5 Å². The molecule has 2 aromatic rings. The van der Waals surface area contributed by atoms with E-state index in [2.05, 4.69) is 6.07 Å². The van der Waals surface area contributed by atoms with Gasteiger partial charge >= 0.3 is 13.1 Å². The Morgan fingerprint density at radius 1 is 1.03 bits per heavy atom. The van der Waals surface area contributed by atoms with Crippen LogP contribution >= 0.6 is 0 Å². The summed E-state index contributed by atoms with van der Waals surface area (Å²) in [6.07, 6.45) is 0.0360. The van der Waals surface area contributed by atoms with Crippen molar-refractivity contribution in [3.8, 4) is 17.6 Å². The molecule has 1 aliphatic heterocycles. The molecule has 0 aliphatic carbocycles. The summed E-state index contributed by atoms with van der Waals surface area (Å²) in [5.41, 5.74) is 0.419. The van der Waals surface area contributed by atoms with Crippen LogP contribution in [-0.2, 0) is 25.4 Å². The van der Waals surface area contributed by atoms with E-state index in [9.17, 15) is 4.79 Å². The summed E-state index contributed by atoms with van der Waals surface area (Å²) in [5.74, 6) is 0.857. The van der Waals surface area contributed by atoms with Crippen molar-refractivity contribution in [2.75, 3.05) is 0 Å².